The molecule has 5 nitrogen and oxygen atoms in total. The summed E-state index contributed by atoms with van der Waals surface area (Å²) in [4.78, 5) is 22.5. The molecule has 1 aliphatic carbocycles. The van der Waals surface area contributed by atoms with Crippen molar-refractivity contribution >= 4 is 11.9 Å². The molecule has 1 amide bonds. The van der Waals surface area contributed by atoms with Gasteiger partial charge in [-0.1, -0.05) is 0 Å². The van der Waals surface area contributed by atoms with Gasteiger partial charge in [-0.3, -0.25) is 9.59 Å². The summed E-state index contributed by atoms with van der Waals surface area (Å²) in [7, 11) is 0. The van der Waals surface area contributed by atoms with E-state index in [-0.39, 0.29) is 30.3 Å². The summed E-state index contributed by atoms with van der Waals surface area (Å²) in [6, 6.07) is 5.28. The molecule has 0 spiro atoms. The van der Waals surface area contributed by atoms with Crippen molar-refractivity contribution in [2.75, 3.05) is 6.61 Å². The number of carbonyl (C=O) groups excluding carboxylic acids is 1. The predicted octanol–water partition coefficient (Wildman–Crippen LogP) is 1.57. The van der Waals surface area contributed by atoms with Crippen LogP contribution >= 0.6 is 0 Å². The van der Waals surface area contributed by atoms with Gasteiger partial charge in [0.15, 0.2) is 6.61 Å². The highest BCUT2D eigenvalue weighted by Crippen LogP contribution is 2.25. The third-order valence-electron chi connectivity index (χ3n) is 3.33. The van der Waals surface area contributed by atoms with E-state index in [1.54, 1.807) is 0 Å². The van der Waals surface area contributed by atoms with Crippen molar-refractivity contribution in [3.8, 4) is 5.75 Å². The van der Waals surface area contributed by atoms with E-state index in [0.717, 1.165) is 0 Å². The van der Waals surface area contributed by atoms with Gasteiger partial charge in [-0.15, -0.1) is 0 Å². The molecule has 0 heterocycles. The molecular weight excluding hydrogens is 265 g/mol. The highest BCUT2D eigenvalue weighted by molar-refractivity contribution is 5.78. The SMILES string of the molecule is O=C(COc1ccc(F)cc1)N[C@@H]1CC[C@H](C(=O)O)C1. The first-order valence-corrected chi connectivity index (χ1v) is 6.45. The van der Waals surface area contributed by atoms with E-state index in [2.05, 4.69) is 5.32 Å². The summed E-state index contributed by atoms with van der Waals surface area (Å²) in [6.07, 6.45) is 1.70. The molecule has 1 aromatic rings. The highest BCUT2D eigenvalue weighted by atomic mass is 19.1. The summed E-state index contributed by atoms with van der Waals surface area (Å²) < 4.78 is 17.9. The molecule has 0 aromatic heterocycles. The lowest BCUT2D eigenvalue weighted by Gasteiger charge is -2.13. The number of nitrogens with one attached hydrogen (secondary N) is 1. The molecule has 0 bridgehead atoms. The van der Waals surface area contributed by atoms with Crippen LogP contribution in [0.3, 0.4) is 0 Å². The number of rotatable bonds is 5. The number of ether oxygens (including phenoxy) is 1. The lowest BCUT2D eigenvalue weighted by Crippen LogP contribution is -2.36. The topological polar surface area (TPSA) is 75.6 Å². The zero-order valence-corrected chi connectivity index (χ0v) is 10.8. The Balaban J connectivity index is 1.73. The first-order valence-electron chi connectivity index (χ1n) is 6.45. The largest absolute Gasteiger partial charge is 0.484 e. The van der Waals surface area contributed by atoms with Crippen molar-refractivity contribution in [1.29, 1.82) is 0 Å². The molecule has 1 fully saturated rings. The Kier molecular flexibility index (Phi) is 4.55. The smallest absolute Gasteiger partial charge is 0.306 e. The molecule has 6 heteroatoms. The molecule has 2 rings (SSSR count). The summed E-state index contributed by atoms with van der Waals surface area (Å²) in [5, 5.41) is 11.6. The Labute approximate surface area is 115 Å². The summed E-state index contributed by atoms with van der Waals surface area (Å²) >= 11 is 0. The van der Waals surface area contributed by atoms with Gasteiger partial charge in [0.25, 0.3) is 5.91 Å². The lowest BCUT2D eigenvalue weighted by atomic mass is 10.1. The molecule has 108 valence electrons. The minimum Gasteiger partial charge on any atom is -0.484 e. The van der Waals surface area contributed by atoms with E-state index in [9.17, 15) is 14.0 Å². The van der Waals surface area contributed by atoms with E-state index in [1.807, 2.05) is 0 Å². The number of hydrogen-bond acceptors (Lipinski definition) is 3. The maximum Gasteiger partial charge on any atom is 0.306 e. The Morgan fingerprint density at radius 1 is 1.30 bits per heavy atom. The van der Waals surface area contributed by atoms with Crippen molar-refractivity contribution in [1.82, 2.24) is 5.32 Å². The van der Waals surface area contributed by atoms with Crippen LogP contribution < -0.4 is 10.1 Å². The Morgan fingerprint density at radius 2 is 2.00 bits per heavy atom. The third-order valence-corrected chi connectivity index (χ3v) is 3.33. The maximum absolute atomic E-state index is 12.7. The van der Waals surface area contributed by atoms with Crippen molar-refractivity contribution < 1.29 is 23.8 Å². The van der Waals surface area contributed by atoms with Crippen LogP contribution in [0, 0.1) is 11.7 Å². The van der Waals surface area contributed by atoms with Gasteiger partial charge in [-0.05, 0) is 43.5 Å². The van der Waals surface area contributed by atoms with Gasteiger partial charge in [0.1, 0.15) is 11.6 Å². The number of carbonyl (C=O) groups is 2. The maximum atomic E-state index is 12.7. The van der Waals surface area contributed by atoms with E-state index < -0.39 is 5.97 Å². The first-order chi connectivity index (χ1) is 9.54. The van der Waals surface area contributed by atoms with Crippen molar-refractivity contribution in [3.63, 3.8) is 0 Å². The summed E-state index contributed by atoms with van der Waals surface area (Å²) in [5.74, 6) is -1.45. The molecule has 2 atom stereocenters. The standard InChI is InChI=1S/C14H16FNO4/c15-10-2-5-12(6-3-10)20-8-13(17)16-11-4-1-9(7-11)14(18)19/h2-3,5-6,9,11H,1,4,7-8H2,(H,16,17)(H,18,19)/t9-,11+/m0/s1. The zero-order chi connectivity index (χ0) is 14.5. The second-order valence-corrected chi connectivity index (χ2v) is 4.86. The molecule has 0 unspecified atom stereocenters. The Hall–Kier alpha value is -2.11. The average Bonchev–Trinajstić information content (AvgIpc) is 2.87. The quantitative estimate of drug-likeness (QED) is 0.859. The van der Waals surface area contributed by atoms with Crippen molar-refractivity contribution in [2.45, 2.75) is 25.3 Å². The van der Waals surface area contributed by atoms with Crippen LogP contribution in [-0.4, -0.2) is 29.6 Å². The Morgan fingerprint density at radius 3 is 2.60 bits per heavy atom. The molecular formula is C14H16FNO4. The number of hydrogen-bond donors (Lipinski definition) is 2. The van der Waals surface area contributed by atoms with Gasteiger partial charge < -0.3 is 15.2 Å². The zero-order valence-electron chi connectivity index (χ0n) is 10.8. The van der Waals surface area contributed by atoms with Crippen LogP contribution in [0.25, 0.3) is 0 Å². The van der Waals surface area contributed by atoms with Crippen LogP contribution in [0.2, 0.25) is 0 Å². The van der Waals surface area contributed by atoms with E-state index in [1.165, 1.54) is 24.3 Å². The van der Waals surface area contributed by atoms with Crippen LogP contribution in [0.5, 0.6) is 5.75 Å². The number of amides is 1. The van der Waals surface area contributed by atoms with Crippen LogP contribution in [0.1, 0.15) is 19.3 Å². The van der Waals surface area contributed by atoms with Crippen LogP contribution in [-0.2, 0) is 9.59 Å². The second-order valence-electron chi connectivity index (χ2n) is 4.86. The molecule has 1 aromatic carbocycles. The van der Waals surface area contributed by atoms with Crippen molar-refractivity contribution in [2.24, 2.45) is 5.92 Å². The van der Waals surface area contributed by atoms with E-state index in [4.69, 9.17) is 9.84 Å². The fourth-order valence-electron chi connectivity index (χ4n) is 2.29. The van der Waals surface area contributed by atoms with Gasteiger partial charge in [-0.25, -0.2) is 4.39 Å². The molecule has 1 saturated carbocycles. The number of aliphatic carboxylic acids is 1. The molecule has 0 saturated heterocycles. The highest BCUT2D eigenvalue weighted by Gasteiger charge is 2.30. The molecule has 2 N–H and O–H groups in total. The van der Waals surface area contributed by atoms with Crippen LogP contribution in [0.15, 0.2) is 24.3 Å². The fourth-order valence-corrected chi connectivity index (χ4v) is 2.29. The molecule has 0 radical (unpaired) electrons. The predicted molar refractivity (Wildman–Crippen MR) is 68.8 cm³/mol. The lowest BCUT2D eigenvalue weighted by molar-refractivity contribution is -0.141. The number of carboxylic acid groups (broad SMARTS) is 1. The summed E-state index contributed by atoms with van der Waals surface area (Å²) in [5.41, 5.74) is 0. The van der Waals surface area contributed by atoms with Gasteiger partial charge >= 0.3 is 5.97 Å². The van der Waals surface area contributed by atoms with Gasteiger partial charge in [-0.2, -0.15) is 0 Å². The number of halogens is 1. The number of carboxylic acids is 1. The summed E-state index contributed by atoms with van der Waals surface area (Å²) in [6.45, 7) is -0.167. The van der Waals surface area contributed by atoms with Crippen LogP contribution in [0.4, 0.5) is 4.39 Å². The molecule has 20 heavy (non-hydrogen) atoms. The van der Waals surface area contributed by atoms with E-state index in [0.29, 0.717) is 25.0 Å². The minimum absolute atomic E-state index is 0.111. The molecule has 0 aliphatic heterocycles. The fraction of sp³-hybridized carbons (Fsp3) is 0.429. The van der Waals surface area contributed by atoms with Crippen molar-refractivity contribution in [3.05, 3.63) is 30.1 Å². The Bertz CT molecular complexity index is 488. The normalized spacial score (nSPS) is 21.4. The van der Waals surface area contributed by atoms with Gasteiger partial charge in [0.2, 0.25) is 0 Å². The molecule has 1 aliphatic rings. The third kappa shape index (κ3) is 3.94. The second kappa shape index (κ2) is 6.36. The van der Waals surface area contributed by atoms with E-state index >= 15 is 0 Å². The van der Waals surface area contributed by atoms with Gasteiger partial charge in [0.05, 0.1) is 5.92 Å². The van der Waals surface area contributed by atoms with Gasteiger partial charge in [0, 0.05) is 6.04 Å². The first kappa shape index (κ1) is 14.3. The average molecular weight is 281 g/mol. The minimum atomic E-state index is -0.815. The monoisotopic (exact) mass is 281 g/mol. The number of benzene rings is 1.